The summed E-state index contributed by atoms with van der Waals surface area (Å²) in [6.45, 7) is 0. The van der Waals surface area contributed by atoms with Crippen molar-refractivity contribution in [2.45, 2.75) is 37.7 Å². The molecule has 0 radical (unpaired) electrons. The van der Waals surface area contributed by atoms with E-state index in [1.165, 1.54) is 12.4 Å². The van der Waals surface area contributed by atoms with Gasteiger partial charge in [0.15, 0.2) is 0 Å². The maximum Gasteiger partial charge on any atom is 0.418 e. The highest BCUT2D eigenvalue weighted by Crippen LogP contribution is 2.36. The standard InChI is InChI=1S/C15H14ClF3N2/c16-8-10-5-6-13(11(7-10)15(17,18)19)21-9-20-12-3-1-2-4-14(12)21/h5-7,9H,1-4,8H2. The van der Waals surface area contributed by atoms with Crippen molar-refractivity contribution in [2.24, 2.45) is 0 Å². The molecule has 112 valence electrons. The van der Waals surface area contributed by atoms with Gasteiger partial charge in [0.25, 0.3) is 0 Å². The Labute approximate surface area is 125 Å². The Balaban J connectivity index is 2.16. The van der Waals surface area contributed by atoms with Crippen LogP contribution in [-0.2, 0) is 24.9 Å². The second-order valence-electron chi connectivity index (χ2n) is 5.20. The predicted molar refractivity (Wildman–Crippen MR) is 74.8 cm³/mol. The van der Waals surface area contributed by atoms with Gasteiger partial charge in [-0.15, -0.1) is 11.6 Å². The number of aryl methyl sites for hydroxylation is 1. The number of rotatable bonds is 2. The van der Waals surface area contributed by atoms with Gasteiger partial charge in [-0.3, -0.25) is 0 Å². The van der Waals surface area contributed by atoms with Crippen LogP contribution in [0.3, 0.4) is 0 Å². The first-order chi connectivity index (χ1) is 10.0. The molecule has 0 fully saturated rings. The minimum atomic E-state index is -4.41. The van der Waals surface area contributed by atoms with Crippen LogP contribution in [-0.4, -0.2) is 9.55 Å². The normalized spacial score (nSPS) is 15.0. The van der Waals surface area contributed by atoms with Crippen LogP contribution in [0.1, 0.15) is 35.4 Å². The summed E-state index contributed by atoms with van der Waals surface area (Å²) < 4.78 is 41.5. The van der Waals surface area contributed by atoms with Crippen LogP contribution in [0, 0.1) is 0 Å². The van der Waals surface area contributed by atoms with E-state index in [1.807, 2.05) is 0 Å². The van der Waals surface area contributed by atoms with E-state index >= 15 is 0 Å². The second-order valence-corrected chi connectivity index (χ2v) is 5.47. The Bertz CT molecular complexity index is 661. The average Bonchev–Trinajstić information content (AvgIpc) is 2.89. The molecule has 1 aliphatic rings. The molecular formula is C15H14ClF3N2. The Hall–Kier alpha value is -1.49. The first-order valence-corrected chi connectivity index (χ1v) is 7.35. The van der Waals surface area contributed by atoms with E-state index in [9.17, 15) is 13.2 Å². The van der Waals surface area contributed by atoms with E-state index in [-0.39, 0.29) is 11.6 Å². The largest absolute Gasteiger partial charge is 0.418 e. The molecule has 1 aromatic heterocycles. The minimum absolute atomic E-state index is 0.0609. The fraction of sp³-hybridized carbons (Fsp3) is 0.400. The number of halogens is 4. The van der Waals surface area contributed by atoms with Gasteiger partial charge >= 0.3 is 6.18 Å². The lowest BCUT2D eigenvalue weighted by atomic mass is 10.0. The van der Waals surface area contributed by atoms with Crippen molar-refractivity contribution in [2.75, 3.05) is 0 Å². The summed E-state index contributed by atoms with van der Waals surface area (Å²) in [5.74, 6) is 0.0609. The third kappa shape index (κ3) is 2.67. The summed E-state index contributed by atoms with van der Waals surface area (Å²) in [7, 11) is 0. The molecule has 2 aromatic rings. The molecule has 0 spiro atoms. The molecule has 21 heavy (non-hydrogen) atoms. The monoisotopic (exact) mass is 314 g/mol. The molecule has 1 aromatic carbocycles. The van der Waals surface area contributed by atoms with Crippen LogP contribution in [0.4, 0.5) is 13.2 Å². The van der Waals surface area contributed by atoms with Gasteiger partial charge in [0.1, 0.15) is 0 Å². The van der Waals surface area contributed by atoms with Crippen molar-refractivity contribution < 1.29 is 13.2 Å². The topological polar surface area (TPSA) is 17.8 Å². The molecule has 0 unspecified atom stereocenters. The summed E-state index contributed by atoms with van der Waals surface area (Å²) in [6.07, 6.45) is 0.721. The zero-order valence-electron chi connectivity index (χ0n) is 11.3. The molecule has 6 heteroatoms. The Morgan fingerprint density at radius 2 is 1.95 bits per heavy atom. The lowest BCUT2D eigenvalue weighted by Gasteiger charge is -2.18. The van der Waals surface area contributed by atoms with Gasteiger partial charge < -0.3 is 4.57 Å². The number of hydrogen-bond donors (Lipinski definition) is 0. The number of nitrogens with zero attached hydrogens (tertiary/aromatic N) is 2. The summed E-state index contributed by atoms with van der Waals surface area (Å²) in [4.78, 5) is 4.27. The van der Waals surface area contributed by atoms with Crippen LogP contribution in [0.2, 0.25) is 0 Å². The van der Waals surface area contributed by atoms with Crippen molar-refractivity contribution >= 4 is 11.6 Å². The molecule has 0 atom stereocenters. The molecule has 0 saturated heterocycles. The summed E-state index contributed by atoms with van der Waals surface area (Å²) in [5.41, 5.74) is 1.74. The number of hydrogen-bond acceptors (Lipinski definition) is 1. The van der Waals surface area contributed by atoms with Crippen molar-refractivity contribution in [3.8, 4) is 5.69 Å². The van der Waals surface area contributed by atoms with Crippen LogP contribution in [0.25, 0.3) is 5.69 Å². The van der Waals surface area contributed by atoms with E-state index < -0.39 is 11.7 Å². The fourth-order valence-electron chi connectivity index (χ4n) is 2.78. The van der Waals surface area contributed by atoms with Gasteiger partial charge in [0.05, 0.1) is 23.3 Å². The highest BCUT2D eigenvalue weighted by atomic mass is 35.5. The first kappa shape index (κ1) is 14.4. The summed E-state index contributed by atoms with van der Waals surface area (Å²) >= 11 is 5.66. The second kappa shape index (κ2) is 5.37. The SMILES string of the molecule is FC(F)(F)c1cc(CCl)ccc1-n1cnc2c1CCCC2. The molecule has 0 N–H and O–H groups in total. The quantitative estimate of drug-likeness (QED) is 0.746. The highest BCUT2D eigenvalue weighted by Gasteiger charge is 2.35. The van der Waals surface area contributed by atoms with E-state index in [0.717, 1.165) is 43.1 Å². The lowest BCUT2D eigenvalue weighted by Crippen LogP contribution is -2.14. The van der Waals surface area contributed by atoms with Gasteiger partial charge in [0.2, 0.25) is 0 Å². The van der Waals surface area contributed by atoms with Crippen LogP contribution in [0.5, 0.6) is 0 Å². The minimum Gasteiger partial charge on any atom is -0.302 e. The van der Waals surface area contributed by atoms with E-state index in [0.29, 0.717) is 5.56 Å². The molecule has 0 bridgehead atoms. The van der Waals surface area contributed by atoms with Crippen LogP contribution in [0.15, 0.2) is 24.5 Å². The smallest absolute Gasteiger partial charge is 0.302 e. The third-order valence-electron chi connectivity index (χ3n) is 3.81. The summed E-state index contributed by atoms with van der Waals surface area (Å²) in [5, 5.41) is 0. The van der Waals surface area contributed by atoms with Crippen LogP contribution >= 0.6 is 11.6 Å². The van der Waals surface area contributed by atoms with Crippen molar-refractivity contribution in [3.63, 3.8) is 0 Å². The van der Waals surface area contributed by atoms with Crippen LogP contribution < -0.4 is 0 Å². The fourth-order valence-corrected chi connectivity index (χ4v) is 2.95. The lowest BCUT2D eigenvalue weighted by molar-refractivity contribution is -0.137. The Kier molecular flexibility index (Phi) is 3.69. The molecule has 3 rings (SSSR count). The third-order valence-corrected chi connectivity index (χ3v) is 4.12. The molecule has 0 aliphatic heterocycles. The summed E-state index contributed by atoms with van der Waals surface area (Å²) in [6, 6.07) is 4.24. The Morgan fingerprint density at radius 1 is 1.19 bits per heavy atom. The molecular weight excluding hydrogens is 301 g/mol. The van der Waals surface area contributed by atoms with Crippen molar-refractivity contribution in [1.82, 2.24) is 9.55 Å². The number of fused-ring (bicyclic) bond motifs is 1. The number of benzene rings is 1. The van der Waals surface area contributed by atoms with Gasteiger partial charge in [0, 0.05) is 11.6 Å². The maximum absolute atomic E-state index is 13.3. The number of imidazole rings is 1. The molecule has 0 saturated carbocycles. The predicted octanol–water partition coefficient (Wildman–Crippen LogP) is 4.51. The zero-order valence-corrected chi connectivity index (χ0v) is 12.0. The van der Waals surface area contributed by atoms with Gasteiger partial charge in [-0.1, -0.05) is 6.07 Å². The van der Waals surface area contributed by atoms with E-state index in [4.69, 9.17) is 11.6 Å². The Morgan fingerprint density at radius 3 is 2.67 bits per heavy atom. The molecule has 0 amide bonds. The molecule has 2 nitrogen and oxygen atoms in total. The number of alkyl halides is 4. The number of aromatic nitrogens is 2. The van der Waals surface area contributed by atoms with Gasteiger partial charge in [-0.25, -0.2) is 4.98 Å². The van der Waals surface area contributed by atoms with E-state index in [1.54, 1.807) is 10.6 Å². The first-order valence-electron chi connectivity index (χ1n) is 6.82. The molecule has 1 heterocycles. The van der Waals surface area contributed by atoms with Gasteiger partial charge in [-0.05, 0) is 43.4 Å². The van der Waals surface area contributed by atoms with E-state index in [2.05, 4.69) is 4.98 Å². The zero-order chi connectivity index (χ0) is 15.0. The maximum atomic E-state index is 13.3. The average molecular weight is 315 g/mol. The van der Waals surface area contributed by atoms with Crippen molar-refractivity contribution in [1.29, 1.82) is 0 Å². The van der Waals surface area contributed by atoms with Gasteiger partial charge in [-0.2, -0.15) is 13.2 Å². The highest BCUT2D eigenvalue weighted by molar-refractivity contribution is 6.17. The van der Waals surface area contributed by atoms with Crippen molar-refractivity contribution in [3.05, 3.63) is 47.0 Å². The molecule has 1 aliphatic carbocycles.